The van der Waals surface area contributed by atoms with Gasteiger partial charge in [0, 0.05) is 12.3 Å². The zero-order valence-electron chi connectivity index (χ0n) is 8.94. The molecule has 0 bridgehead atoms. The molecule has 2 heteroatoms. The summed E-state index contributed by atoms with van der Waals surface area (Å²) in [5.41, 5.74) is 2.10. The fourth-order valence-corrected chi connectivity index (χ4v) is 1.02. The summed E-state index contributed by atoms with van der Waals surface area (Å²) in [7, 11) is 0. The summed E-state index contributed by atoms with van der Waals surface area (Å²) in [5.74, 6) is 0.623. The number of ether oxygens (including phenoxy) is 1. The number of aryl methyl sites for hydroxylation is 1. The quantitative estimate of drug-likeness (QED) is 0.683. The second-order valence-electron chi connectivity index (χ2n) is 3.14. The molecular weight excluding hydrogens is 186 g/mol. The summed E-state index contributed by atoms with van der Waals surface area (Å²) >= 11 is 0. The van der Waals surface area contributed by atoms with E-state index < -0.39 is 0 Å². The van der Waals surface area contributed by atoms with E-state index in [0.717, 1.165) is 11.1 Å². The summed E-state index contributed by atoms with van der Waals surface area (Å²) < 4.78 is 5.47. The number of hydrogen-bond acceptors (Lipinski definition) is 2. The molecule has 0 radical (unpaired) electrons. The van der Waals surface area contributed by atoms with Crippen molar-refractivity contribution in [3.63, 3.8) is 0 Å². The number of hydrogen-bond donors (Lipinski definition) is 0. The van der Waals surface area contributed by atoms with Gasteiger partial charge in [-0.2, -0.15) is 0 Å². The Morgan fingerprint density at radius 2 is 2.27 bits per heavy atom. The predicted molar refractivity (Wildman–Crippen MR) is 62.9 cm³/mol. The number of nitrogens with zero attached hydrogens (tertiary/aromatic N) is 1. The minimum Gasteiger partial charge on any atom is -0.473 e. The van der Waals surface area contributed by atoms with Gasteiger partial charge in [0.25, 0.3) is 0 Å². The lowest BCUT2D eigenvalue weighted by molar-refractivity contribution is 0.341. The van der Waals surface area contributed by atoms with Gasteiger partial charge in [0.1, 0.15) is 6.61 Å². The predicted octanol–water partition coefficient (Wildman–Crippen LogP) is 3.07. The van der Waals surface area contributed by atoms with Crippen molar-refractivity contribution in [2.75, 3.05) is 6.61 Å². The summed E-state index contributed by atoms with van der Waals surface area (Å²) in [5, 5.41) is 0. The zero-order chi connectivity index (χ0) is 11.1. The average Bonchev–Trinajstić information content (AvgIpc) is 2.26. The molecule has 0 spiro atoms. The second-order valence-corrected chi connectivity index (χ2v) is 3.14. The molecule has 15 heavy (non-hydrogen) atoms. The van der Waals surface area contributed by atoms with E-state index in [4.69, 9.17) is 4.74 Å². The van der Waals surface area contributed by atoms with Gasteiger partial charge in [0.15, 0.2) is 0 Å². The molecule has 1 heterocycles. The molecule has 0 fully saturated rings. The molecule has 1 rings (SSSR count). The third kappa shape index (κ3) is 3.81. The van der Waals surface area contributed by atoms with Crippen molar-refractivity contribution in [1.29, 1.82) is 0 Å². The first kappa shape index (κ1) is 11.2. The first-order valence-electron chi connectivity index (χ1n) is 4.75. The zero-order valence-corrected chi connectivity index (χ0v) is 8.94. The minimum atomic E-state index is 0.464. The monoisotopic (exact) mass is 201 g/mol. The molecule has 0 aliphatic carbocycles. The van der Waals surface area contributed by atoms with Gasteiger partial charge in [0.2, 0.25) is 5.88 Å². The van der Waals surface area contributed by atoms with Crippen molar-refractivity contribution in [2.24, 2.45) is 0 Å². The van der Waals surface area contributed by atoms with E-state index in [-0.39, 0.29) is 0 Å². The summed E-state index contributed by atoms with van der Waals surface area (Å²) in [4.78, 5) is 4.14. The van der Waals surface area contributed by atoms with Crippen LogP contribution in [0.15, 0.2) is 55.3 Å². The van der Waals surface area contributed by atoms with Crippen LogP contribution >= 0.6 is 0 Å². The highest BCUT2D eigenvalue weighted by atomic mass is 16.5. The molecule has 0 unspecified atom stereocenters. The molecule has 0 aromatic carbocycles. The fraction of sp³-hybridized carbons (Fsp3) is 0.154. The van der Waals surface area contributed by atoms with Crippen LogP contribution in [0.5, 0.6) is 5.88 Å². The SMILES string of the molecule is C=C/C=C(\C=C)COc1ccc(C)cn1. The van der Waals surface area contributed by atoms with Crippen molar-refractivity contribution in [2.45, 2.75) is 6.92 Å². The first-order valence-corrected chi connectivity index (χ1v) is 4.75. The van der Waals surface area contributed by atoms with E-state index in [2.05, 4.69) is 18.1 Å². The molecular formula is C13H15NO. The van der Waals surface area contributed by atoms with E-state index in [9.17, 15) is 0 Å². The lowest BCUT2D eigenvalue weighted by Crippen LogP contribution is -2.00. The molecule has 78 valence electrons. The van der Waals surface area contributed by atoms with Crippen LogP contribution in [-0.2, 0) is 0 Å². The molecule has 0 amide bonds. The van der Waals surface area contributed by atoms with Gasteiger partial charge >= 0.3 is 0 Å². The molecule has 1 aromatic rings. The lowest BCUT2D eigenvalue weighted by Gasteiger charge is -2.05. The van der Waals surface area contributed by atoms with Crippen molar-refractivity contribution < 1.29 is 4.74 Å². The molecule has 0 saturated heterocycles. The van der Waals surface area contributed by atoms with Crippen molar-refractivity contribution in [3.05, 3.63) is 60.9 Å². The Morgan fingerprint density at radius 1 is 1.47 bits per heavy atom. The highest BCUT2D eigenvalue weighted by molar-refractivity contribution is 5.23. The van der Waals surface area contributed by atoms with Gasteiger partial charge in [-0.25, -0.2) is 4.98 Å². The van der Waals surface area contributed by atoms with Crippen LogP contribution in [0.2, 0.25) is 0 Å². The summed E-state index contributed by atoms with van der Waals surface area (Å²) in [6.07, 6.45) is 7.10. The van der Waals surface area contributed by atoms with Crippen molar-refractivity contribution in [1.82, 2.24) is 4.98 Å². The molecule has 0 N–H and O–H groups in total. The van der Waals surface area contributed by atoms with Crippen LogP contribution in [0.4, 0.5) is 0 Å². The Hall–Kier alpha value is -1.83. The third-order valence-electron chi connectivity index (χ3n) is 1.87. The Morgan fingerprint density at radius 3 is 2.80 bits per heavy atom. The first-order chi connectivity index (χ1) is 7.26. The maximum atomic E-state index is 5.47. The van der Waals surface area contributed by atoms with E-state index in [1.54, 1.807) is 18.3 Å². The standard InChI is InChI=1S/C13H15NO/c1-4-6-12(5-2)10-15-13-8-7-11(3)9-14-13/h4-9H,1-2,10H2,3H3/b12-6+. The molecule has 2 nitrogen and oxygen atoms in total. The second kappa shape index (κ2) is 5.81. The Bertz CT molecular complexity index is 363. The normalized spacial score (nSPS) is 10.9. The van der Waals surface area contributed by atoms with Gasteiger partial charge in [-0.3, -0.25) is 0 Å². The highest BCUT2D eigenvalue weighted by Gasteiger charge is 1.95. The molecule has 0 aliphatic heterocycles. The van der Waals surface area contributed by atoms with Gasteiger partial charge in [-0.1, -0.05) is 37.5 Å². The summed E-state index contributed by atoms with van der Waals surface area (Å²) in [6, 6.07) is 3.82. The maximum Gasteiger partial charge on any atom is 0.213 e. The fourth-order valence-electron chi connectivity index (χ4n) is 1.02. The molecule has 0 atom stereocenters. The van der Waals surface area contributed by atoms with Crippen molar-refractivity contribution in [3.8, 4) is 5.88 Å². The van der Waals surface area contributed by atoms with Crippen LogP contribution in [0.1, 0.15) is 5.56 Å². The topological polar surface area (TPSA) is 22.1 Å². The Balaban J connectivity index is 2.56. The maximum absolute atomic E-state index is 5.47. The van der Waals surface area contributed by atoms with E-state index in [1.807, 2.05) is 25.1 Å². The third-order valence-corrected chi connectivity index (χ3v) is 1.87. The summed E-state index contributed by atoms with van der Waals surface area (Å²) in [6.45, 7) is 9.76. The van der Waals surface area contributed by atoms with E-state index >= 15 is 0 Å². The average molecular weight is 201 g/mol. The van der Waals surface area contributed by atoms with Crippen LogP contribution in [0, 0.1) is 6.92 Å². The minimum absolute atomic E-state index is 0.464. The molecule has 0 aliphatic rings. The van der Waals surface area contributed by atoms with Gasteiger partial charge in [-0.05, 0) is 18.1 Å². The van der Waals surface area contributed by atoms with Crippen LogP contribution < -0.4 is 4.74 Å². The number of pyridine rings is 1. The molecule has 1 aromatic heterocycles. The smallest absolute Gasteiger partial charge is 0.213 e. The van der Waals surface area contributed by atoms with Crippen molar-refractivity contribution >= 4 is 0 Å². The van der Waals surface area contributed by atoms with E-state index in [1.165, 1.54) is 0 Å². The van der Waals surface area contributed by atoms with Crippen LogP contribution in [-0.4, -0.2) is 11.6 Å². The van der Waals surface area contributed by atoms with Gasteiger partial charge in [-0.15, -0.1) is 0 Å². The number of allylic oxidation sites excluding steroid dienone is 2. The Labute approximate surface area is 90.6 Å². The molecule has 0 saturated carbocycles. The number of aromatic nitrogens is 1. The van der Waals surface area contributed by atoms with Gasteiger partial charge in [0.05, 0.1) is 0 Å². The Kier molecular flexibility index (Phi) is 4.35. The van der Waals surface area contributed by atoms with Crippen LogP contribution in [0.25, 0.3) is 0 Å². The van der Waals surface area contributed by atoms with Gasteiger partial charge < -0.3 is 4.74 Å². The lowest BCUT2D eigenvalue weighted by atomic mass is 10.2. The highest BCUT2D eigenvalue weighted by Crippen LogP contribution is 2.08. The largest absolute Gasteiger partial charge is 0.473 e. The van der Waals surface area contributed by atoms with Crippen LogP contribution in [0.3, 0.4) is 0 Å². The number of rotatable bonds is 5. The van der Waals surface area contributed by atoms with E-state index in [0.29, 0.717) is 12.5 Å².